The van der Waals surface area contributed by atoms with E-state index in [4.69, 9.17) is 27.9 Å². The number of hydrogen-bond donors (Lipinski definition) is 1. The third-order valence-corrected chi connectivity index (χ3v) is 5.40. The number of benzene rings is 2. The van der Waals surface area contributed by atoms with Crippen molar-refractivity contribution in [3.63, 3.8) is 0 Å². The van der Waals surface area contributed by atoms with Gasteiger partial charge in [-0.2, -0.15) is 4.99 Å². The molecule has 0 fully saturated rings. The van der Waals surface area contributed by atoms with Crippen LogP contribution >= 0.6 is 35.0 Å². The van der Waals surface area contributed by atoms with Gasteiger partial charge in [0.15, 0.2) is 5.17 Å². The minimum absolute atomic E-state index is 0.340. The van der Waals surface area contributed by atoms with Gasteiger partial charge >= 0.3 is 0 Å². The minimum Gasteiger partial charge on any atom is -0.480 e. The number of carbonyl (C=O) groups excluding carboxylic acids is 1. The fourth-order valence-electron chi connectivity index (χ4n) is 2.54. The fraction of sp³-hybridized carbons (Fsp3) is 0.0526. The van der Waals surface area contributed by atoms with Crippen LogP contribution in [0.15, 0.2) is 52.5 Å². The fourth-order valence-corrected chi connectivity index (χ4v) is 3.85. The van der Waals surface area contributed by atoms with Crippen LogP contribution in [0.3, 0.4) is 0 Å². The van der Waals surface area contributed by atoms with Crippen LogP contribution in [0.5, 0.6) is 5.88 Å². The van der Waals surface area contributed by atoms with Crippen LogP contribution < -0.4 is 10.1 Å². The quantitative estimate of drug-likeness (QED) is 0.587. The van der Waals surface area contributed by atoms with E-state index in [0.717, 1.165) is 11.1 Å². The summed E-state index contributed by atoms with van der Waals surface area (Å²) in [5, 5.41) is 4.32. The van der Waals surface area contributed by atoms with Gasteiger partial charge in [0.2, 0.25) is 5.88 Å². The standard InChI is InChI=1S/C19H12Cl2N4O2S/c1-27-16-9-22-13-6-5-10(7-14(13)23-16)8-15-18(26)25-19(28-15)24-17-11(20)3-2-4-12(17)21/h2-9H,1H3,(H,24,25,26)/b15-8-. The predicted octanol–water partition coefficient (Wildman–Crippen LogP) is 5.03. The van der Waals surface area contributed by atoms with E-state index in [1.807, 2.05) is 18.2 Å². The van der Waals surface area contributed by atoms with Gasteiger partial charge in [0.1, 0.15) is 0 Å². The molecule has 0 saturated heterocycles. The van der Waals surface area contributed by atoms with E-state index in [1.54, 1.807) is 30.5 Å². The van der Waals surface area contributed by atoms with Crippen molar-refractivity contribution in [3.8, 4) is 5.88 Å². The van der Waals surface area contributed by atoms with E-state index in [2.05, 4.69) is 20.3 Å². The van der Waals surface area contributed by atoms with Crippen molar-refractivity contribution in [1.29, 1.82) is 0 Å². The average Bonchev–Trinajstić information content (AvgIpc) is 3.03. The summed E-state index contributed by atoms with van der Waals surface area (Å²) < 4.78 is 5.11. The molecule has 28 heavy (non-hydrogen) atoms. The second-order valence-corrected chi connectivity index (χ2v) is 7.56. The molecular weight excluding hydrogens is 419 g/mol. The molecule has 6 nitrogen and oxygen atoms in total. The molecule has 2 heterocycles. The Hall–Kier alpha value is -2.61. The summed E-state index contributed by atoms with van der Waals surface area (Å²) in [6, 6.07) is 10.7. The molecule has 0 radical (unpaired) electrons. The average molecular weight is 431 g/mol. The van der Waals surface area contributed by atoms with Crippen molar-refractivity contribution >= 4 is 68.8 Å². The first-order chi connectivity index (χ1) is 13.5. The van der Waals surface area contributed by atoms with Crippen LogP contribution in [0.2, 0.25) is 10.0 Å². The number of aromatic nitrogens is 2. The van der Waals surface area contributed by atoms with E-state index in [1.165, 1.54) is 18.9 Å². The summed E-state index contributed by atoms with van der Waals surface area (Å²) in [5.74, 6) is 0.0857. The van der Waals surface area contributed by atoms with Gasteiger partial charge in [-0.3, -0.25) is 4.79 Å². The zero-order chi connectivity index (χ0) is 19.7. The van der Waals surface area contributed by atoms with Crippen LogP contribution in [-0.2, 0) is 4.79 Å². The highest BCUT2D eigenvalue weighted by molar-refractivity contribution is 8.18. The number of rotatable bonds is 3. The first-order valence-corrected chi connectivity index (χ1v) is 9.65. The number of hydrogen-bond acceptors (Lipinski definition) is 6. The number of carbonyl (C=O) groups is 1. The SMILES string of the molecule is COc1cnc2ccc(/C=C3\SC(Nc4c(Cl)cccc4Cl)=NC3=O)cc2n1. The summed E-state index contributed by atoms with van der Waals surface area (Å²) in [7, 11) is 1.53. The predicted molar refractivity (Wildman–Crippen MR) is 114 cm³/mol. The maximum atomic E-state index is 12.3. The molecule has 0 unspecified atom stereocenters. The van der Waals surface area contributed by atoms with Crippen LogP contribution in [0.25, 0.3) is 17.1 Å². The second-order valence-electron chi connectivity index (χ2n) is 5.71. The number of nitrogens with one attached hydrogen (secondary N) is 1. The Kier molecular flexibility index (Phi) is 5.21. The molecule has 0 saturated carbocycles. The molecule has 0 spiro atoms. The Morgan fingerprint density at radius 3 is 2.68 bits per heavy atom. The Labute approximate surface area is 174 Å². The number of nitrogens with zero attached hydrogens (tertiary/aromatic N) is 3. The van der Waals surface area contributed by atoms with E-state index in [0.29, 0.717) is 37.2 Å². The third-order valence-electron chi connectivity index (χ3n) is 3.87. The van der Waals surface area contributed by atoms with Crippen molar-refractivity contribution in [2.75, 3.05) is 12.4 Å². The molecule has 0 bridgehead atoms. The number of methoxy groups -OCH3 is 1. The van der Waals surface area contributed by atoms with Crippen LogP contribution in [0.1, 0.15) is 5.56 Å². The maximum Gasteiger partial charge on any atom is 0.286 e. The topological polar surface area (TPSA) is 76.5 Å². The number of halogens is 2. The van der Waals surface area contributed by atoms with Gasteiger partial charge in [0.05, 0.1) is 45.0 Å². The summed E-state index contributed by atoms with van der Waals surface area (Å²) >= 11 is 13.5. The molecule has 0 aliphatic carbocycles. The molecule has 9 heteroatoms. The third kappa shape index (κ3) is 3.82. The Morgan fingerprint density at radius 1 is 1.14 bits per heavy atom. The molecule has 1 aliphatic heterocycles. The molecule has 1 aromatic heterocycles. The van der Waals surface area contributed by atoms with Crippen molar-refractivity contribution in [3.05, 3.63) is 63.1 Å². The van der Waals surface area contributed by atoms with Gasteiger partial charge in [-0.25, -0.2) is 9.97 Å². The number of aliphatic imine (C=N–C) groups is 1. The molecule has 1 N–H and O–H groups in total. The molecule has 4 rings (SSSR count). The lowest BCUT2D eigenvalue weighted by Gasteiger charge is -2.08. The highest BCUT2D eigenvalue weighted by Gasteiger charge is 2.23. The first kappa shape index (κ1) is 18.7. The lowest BCUT2D eigenvalue weighted by atomic mass is 10.2. The number of ether oxygens (including phenoxy) is 1. The number of thioether (sulfide) groups is 1. The number of fused-ring (bicyclic) bond motifs is 1. The molecule has 140 valence electrons. The van der Waals surface area contributed by atoms with E-state index < -0.39 is 0 Å². The van der Waals surface area contributed by atoms with E-state index in [9.17, 15) is 4.79 Å². The van der Waals surface area contributed by atoms with Crippen molar-refractivity contribution < 1.29 is 9.53 Å². The highest BCUT2D eigenvalue weighted by Crippen LogP contribution is 2.34. The number of amidine groups is 1. The first-order valence-electron chi connectivity index (χ1n) is 8.08. The molecule has 0 atom stereocenters. The number of amides is 1. The summed E-state index contributed by atoms with van der Waals surface area (Å²) in [5.41, 5.74) is 2.73. The van der Waals surface area contributed by atoms with E-state index >= 15 is 0 Å². The van der Waals surface area contributed by atoms with Crippen LogP contribution in [0, 0.1) is 0 Å². The Balaban J connectivity index is 1.58. The summed E-state index contributed by atoms with van der Waals surface area (Å²) in [6.07, 6.45) is 3.31. The molecule has 1 amide bonds. The number of anilines is 1. The lowest BCUT2D eigenvalue weighted by Crippen LogP contribution is -2.05. The van der Waals surface area contributed by atoms with Gasteiger partial charge in [-0.1, -0.05) is 35.3 Å². The molecule has 1 aliphatic rings. The minimum atomic E-state index is -0.340. The molecule has 3 aromatic rings. The lowest BCUT2D eigenvalue weighted by molar-refractivity contribution is -0.113. The second kappa shape index (κ2) is 7.79. The van der Waals surface area contributed by atoms with Crippen LogP contribution in [-0.4, -0.2) is 28.2 Å². The highest BCUT2D eigenvalue weighted by atomic mass is 35.5. The van der Waals surface area contributed by atoms with Crippen molar-refractivity contribution in [2.24, 2.45) is 4.99 Å². The number of para-hydroxylation sites is 1. The summed E-state index contributed by atoms with van der Waals surface area (Å²) in [4.78, 5) is 25.4. The van der Waals surface area contributed by atoms with Crippen molar-refractivity contribution in [2.45, 2.75) is 0 Å². The normalized spacial score (nSPS) is 15.2. The van der Waals surface area contributed by atoms with Gasteiger partial charge in [-0.15, -0.1) is 0 Å². The Morgan fingerprint density at radius 2 is 1.93 bits per heavy atom. The summed E-state index contributed by atoms with van der Waals surface area (Å²) in [6.45, 7) is 0. The monoisotopic (exact) mass is 430 g/mol. The zero-order valence-electron chi connectivity index (χ0n) is 14.4. The van der Waals surface area contributed by atoms with Gasteiger partial charge in [0, 0.05) is 0 Å². The van der Waals surface area contributed by atoms with Crippen LogP contribution in [0.4, 0.5) is 5.69 Å². The van der Waals surface area contributed by atoms with E-state index in [-0.39, 0.29) is 5.91 Å². The van der Waals surface area contributed by atoms with Gasteiger partial charge in [0.25, 0.3) is 5.91 Å². The van der Waals surface area contributed by atoms with Gasteiger partial charge < -0.3 is 10.1 Å². The smallest absolute Gasteiger partial charge is 0.286 e. The molecule has 2 aromatic carbocycles. The Bertz CT molecular complexity index is 1140. The molecular formula is C19H12Cl2N4O2S. The van der Waals surface area contributed by atoms with Gasteiger partial charge in [-0.05, 0) is 47.7 Å². The zero-order valence-corrected chi connectivity index (χ0v) is 16.8. The largest absolute Gasteiger partial charge is 0.480 e. The maximum absolute atomic E-state index is 12.3. The van der Waals surface area contributed by atoms with Crippen molar-refractivity contribution in [1.82, 2.24) is 9.97 Å².